The average Bonchev–Trinajstić information content (AvgIpc) is 2.43. The van der Waals surface area contributed by atoms with Crippen molar-refractivity contribution in [3.63, 3.8) is 0 Å². The van der Waals surface area contributed by atoms with Crippen molar-refractivity contribution in [3.8, 4) is 0 Å². The lowest BCUT2D eigenvalue weighted by Gasteiger charge is -2.15. The van der Waals surface area contributed by atoms with Gasteiger partial charge in [0.2, 0.25) is 0 Å². The van der Waals surface area contributed by atoms with Crippen LogP contribution in [0.2, 0.25) is 0 Å². The summed E-state index contributed by atoms with van der Waals surface area (Å²) in [7, 11) is 0. The van der Waals surface area contributed by atoms with Crippen LogP contribution in [0.3, 0.4) is 0 Å². The summed E-state index contributed by atoms with van der Waals surface area (Å²) >= 11 is 12.9. The highest BCUT2D eigenvalue weighted by molar-refractivity contribution is 9.10. The van der Waals surface area contributed by atoms with E-state index in [-0.39, 0.29) is 11.7 Å². The lowest BCUT2D eigenvalue weighted by molar-refractivity contribution is 0.545. The zero-order valence-electron chi connectivity index (χ0n) is 10.8. The van der Waals surface area contributed by atoms with Gasteiger partial charge in [-0.2, -0.15) is 0 Å². The summed E-state index contributed by atoms with van der Waals surface area (Å²) in [6.07, 6.45) is 1.48. The van der Waals surface area contributed by atoms with Crippen molar-refractivity contribution in [2.24, 2.45) is 5.92 Å². The molecule has 0 nitrogen and oxygen atoms in total. The van der Waals surface area contributed by atoms with Crippen molar-refractivity contribution in [1.82, 2.24) is 0 Å². The van der Waals surface area contributed by atoms with Crippen LogP contribution in [0.25, 0.3) is 0 Å². The normalized spacial score (nSPS) is 12.4. The van der Waals surface area contributed by atoms with Crippen molar-refractivity contribution >= 4 is 43.5 Å². The second-order valence-corrected chi connectivity index (χ2v) is 6.83. The molecule has 0 saturated heterocycles. The van der Waals surface area contributed by atoms with E-state index in [1.165, 1.54) is 11.6 Å². The Morgan fingerprint density at radius 1 is 1.00 bits per heavy atom. The van der Waals surface area contributed by atoms with Crippen molar-refractivity contribution in [3.05, 3.63) is 68.4 Å². The maximum Gasteiger partial charge on any atom is 0.127 e. The van der Waals surface area contributed by atoms with Crippen LogP contribution in [0.1, 0.15) is 11.1 Å². The fourth-order valence-electron chi connectivity index (χ4n) is 2.15. The maximum absolute atomic E-state index is 13.9. The molecule has 2 aromatic rings. The Morgan fingerprint density at radius 2 is 1.70 bits per heavy atom. The Balaban J connectivity index is 2.11. The third-order valence-electron chi connectivity index (χ3n) is 3.21. The van der Waals surface area contributed by atoms with Gasteiger partial charge in [0, 0.05) is 14.8 Å². The minimum atomic E-state index is -0.179. The molecule has 0 spiro atoms. The van der Waals surface area contributed by atoms with Gasteiger partial charge in [-0.05, 0) is 48.1 Å². The van der Waals surface area contributed by atoms with Crippen molar-refractivity contribution in [1.29, 1.82) is 0 Å². The van der Waals surface area contributed by atoms with Crippen LogP contribution in [0.4, 0.5) is 4.39 Å². The molecule has 1 unspecified atom stereocenters. The highest BCUT2D eigenvalue weighted by Crippen LogP contribution is 2.24. The largest absolute Gasteiger partial charge is 0.207 e. The standard InChI is InChI=1S/C16H14Br2ClF/c17-14-6-5-13(16(20)9-14)8-11(10-19)7-12-3-1-2-4-15(12)18/h1-6,9,11H,7-8,10H2. The molecule has 0 aliphatic heterocycles. The van der Waals surface area contributed by atoms with Crippen LogP contribution in [0, 0.1) is 11.7 Å². The summed E-state index contributed by atoms with van der Waals surface area (Å²) in [5.74, 6) is 0.546. The third kappa shape index (κ3) is 4.31. The zero-order chi connectivity index (χ0) is 14.5. The Hall–Kier alpha value is -0.380. The van der Waals surface area contributed by atoms with Crippen LogP contribution in [-0.4, -0.2) is 5.88 Å². The first-order valence-electron chi connectivity index (χ1n) is 6.33. The molecular weight excluding hydrogens is 406 g/mol. The first-order chi connectivity index (χ1) is 9.60. The second kappa shape index (κ2) is 7.58. The molecule has 0 fully saturated rings. The average molecular weight is 421 g/mol. The van der Waals surface area contributed by atoms with E-state index in [9.17, 15) is 4.39 Å². The summed E-state index contributed by atoms with van der Waals surface area (Å²) in [6.45, 7) is 0. The third-order valence-corrected chi connectivity index (χ3v) is 4.91. The molecule has 0 aliphatic rings. The fourth-order valence-corrected chi connectivity index (χ4v) is 3.15. The van der Waals surface area contributed by atoms with Gasteiger partial charge in [-0.3, -0.25) is 0 Å². The predicted octanol–water partition coefficient (Wildman–Crippen LogP) is 5.99. The van der Waals surface area contributed by atoms with Gasteiger partial charge in [-0.25, -0.2) is 4.39 Å². The van der Waals surface area contributed by atoms with Crippen LogP contribution in [-0.2, 0) is 12.8 Å². The van der Waals surface area contributed by atoms with Crippen LogP contribution < -0.4 is 0 Å². The SMILES string of the molecule is Fc1cc(Br)ccc1CC(CCl)Cc1ccccc1Br. The highest BCUT2D eigenvalue weighted by Gasteiger charge is 2.14. The Bertz CT molecular complexity index is 586. The number of hydrogen-bond donors (Lipinski definition) is 0. The van der Waals surface area contributed by atoms with Gasteiger partial charge in [0.15, 0.2) is 0 Å². The van der Waals surface area contributed by atoms with Gasteiger partial charge in [0.25, 0.3) is 0 Å². The van der Waals surface area contributed by atoms with E-state index in [1.807, 2.05) is 30.3 Å². The minimum absolute atomic E-state index is 0.179. The molecule has 0 saturated carbocycles. The number of hydrogen-bond acceptors (Lipinski definition) is 0. The number of benzene rings is 2. The molecule has 2 aromatic carbocycles. The van der Waals surface area contributed by atoms with Gasteiger partial charge in [-0.15, -0.1) is 11.6 Å². The lowest BCUT2D eigenvalue weighted by atomic mass is 9.94. The topological polar surface area (TPSA) is 0 Å². The molecular formula is C16H14Br2ClF. The van der Waals surface area contributed by atoms with Crippen LogP contribution >= 0.6 is 43.5 Å². The van der Waals surface area contributed by atoms with Gasteiger partial charge >= 0.3 is 0 Å². The summed E-state index contributed by atoms with van der Waals surface area (Å²) in [5.41, 5.74) is 1.92. The molecule has 0 bridgehead atoms. The van der Waals surface area contributed by atoms with E-state index in [0.29, 0.717) is 17.9 Å². The molecule has 4 heteroatoms. The van der Waals surface area contributed by atoms with Crippen LogP contribution in [0.15, 0.2) is 51.4 Å². The fraction of sp³-hybridized carbons (Fsp3) is 0.250. The molecule has 0 heterocycles. The smallest absolute Gasteiger partial charge is 0.127 e. The monoisotopic (exact) mass is 418 g/mol. The summed E-state index contributed by atoms with van der Waals surface area (Å²) in [5, 5.41) is 0. The maximum atomic E-state index is 13.9. The molecule has 0 aromatic heterocycles. The van der Waals surface area contributed by atoms with E-state index in [2.05, 4.69) is 37.9 Å². The Labute approximate surface area is 140 Å². The summed E-state index contributed by atoms with van der Waals surface area (Å²) in [4.78, 5) is 0. The minimum Gasteiger partial charge on any atom is -0.207 e. The van der Waals surface area contributed by atoms with Crippen molar-refractivity contribution < 1.29 is 4.39 Å². The molecule has 0 amide bonds. The molecule has 106 valence electrons. The molecule has 20 heavy (non-hydrogen) atoms. The first kappa shape index (κ1) is 16.0. The molecule has 2 rings (SSSR count). The molecule has 1 atom stereocenters. The van der Waals surface area contributed by atoms with E-state index in [0.717, 1.165) is 15.4 Å². The summed E-state index contributed by atoms with van der Waals surface area (Å²) in [6, 6.07) is 13.3. The van der Waals surface area contributed by atoms with E-state index < -0.39 is 0 Å². The molecule has 0 radical (unpaired) electrons. The van der Waals surface area contributed by atoms with Crippen LogP contribution in [0.5, 0.6) is 0 Å². The second-order valence-electron chi connectivity index (χ2n) is 4.76. The van der Waals surface area contributed by atoms with E-state index in [4.69, 9.17) is 11.6 Å². The zero-order valence-corrected chi connectivity index (χ0v) is 14.7. The summed E-state index contributed by atoms with van der Waals surface area (Å²) < 4.78 is 15.7. The van der Waals surface area contributed by atoms with Gasteiger partial charge in [-0.1, -0.05) is 56.1 Å². The number of alkyl halides is 1. The van der Waals surface area contributed by atoms with Gasteiger partial charge in [0.05, 0.1) is 0 Å². The quantitative estimate of drug-likeness (QED) is 0.521. The lowest BCUT2D eigenvalue weighted by Crippen LogP contribution is -2.11. The Kier molecular flexibility index (Phi) is 6.06. The predicted molar refractivity (Wildman–Crippen MR) is 89.9 cm³/mol. The first-order valence-corrected chi connectivity index (χ1v) is 8.45. The van der Waals surface area contributed by atoms with Gasteiger partial charge in [0.1, 0.15) is 5.82 Å². The highest BCUT2D eigenvalue weighted by atomic mass is 79.9. The van der Waals surface area contributed by atoms with Gasteiger partial charge < -0.3 is 0 Å². The van der Waals surface area contributed by atoms with Crippen molar-refractivity contribution in [2.75, 3.05) is 5.88 Å². The molecule has 0 aliphatic carbocycles. The van der Waals surface area contributed by atoms with E-state index in [1.54, 1.807) is 0 Å². The Morgan fingerprint density at radius 3 is 2.35 bits per heavy atom. The van der Waals surface area contributed by atoms with E-state index >= 15 is 0 Å². The van der Waals surface area contributed by atoms with Crippen molar-refractivity contribution in [2.45, 2.75) is 12.8 Å². The molecule has 0 N–H and O–H groups in total. The number of rotatable bonds is 5. The number of halogens is 4.